The summed E-state index contributed by atoms with van der Waals surface area (Å²) in [5, 5.41) is 5.32. The van der Waals surface area contributed by atoms with Gasteiger partial charge < -0.3 is 15.8 Å². The molecule has 0 saturated heterocycles. The fraction of sp³-hybridized carbons (Fsp3) is 0.143. The Morgan fingerprint density at radius 3 is 2.57 bits per heavy atom. The summed E-state index contributed by atoms with van der Waals surface area (Å²) in [5.74, 6) is -0.770. The zero-order chi connectivity index (χ0) is 20.1. The molecule has 0 fully saturated rings. The van der Waals surface area contributed by atoms with E-state index in [0.29, 0.717) is 5.02 Å². The van der Waals surface area contributed by atoms with Crippen LogP contribution in [0.2, 0.25) is 5.02 Å². The molecule has 3 aromatic rings. The van der Waals surface area contributed by atoms with Gasteiger partial charge in [-0.1, -0.05) is 47.5 Å². The second-order valence-electron chi connectivity index (χ2n) is 6.22. The van der Waals surface area contributed by atoms with E-state index in [-0.39, 0.29) is 29.9 Å². The maximum absolute atomic E-state index is 12.5. The molecule has 1 atom stereocenters. The van der Waals surface area contributed by atoms with Crippen molar-refractivity contribution in [2.45, 2.75) is 13.0 Å². The van der Waals surface area contributed by atoms with E-state index in [9.17, 15) is 9.59 Å². The zero-order valence-electron chi connectivity index (χ0n) is 15.1. The predicted octanol–water partition coefficient (Wildman–Crippen LogP) is 4.09. The number of amides is 2. The molecule has 0 aliphatic carbocycles. The molecule has 0 bridgehead atoms. The third-order valence-corrected chi connectivity index (χ3v) is 5.28. The SMILES string of the molecule is Cc1ccc([C@@H](NC(=O)COc2ccc(Cl)cc2C(N)=O)c2cccs2)cc1. The van der Waals surface area contributed by atoms with Gasteiger partial charge >= 0.3 is 0 Å². The van der Waals surface area contributed by atoms with Crippen molar-refractivity contribution >= 4 is 34.8 Å². The van der Waals surface area contributed by atoms with Gasteiger partial charge in [-0.25, -0.2) is 0 Å². The minimum absolute atomic E-state index is 0.133. The molecule has 0 unspecified atom stereocenters. The lowest BCUT2D eigenvalue weighted by Gasteiger charge is -2.19. The number of hydrogen-bond donors (Lipinski definition) is 2. The second kappa shape index (κ2) is 8.91. The lowest BCUT2D eigenvalue weighted by atomic mass is 10.0. The Kier molecular flexibility index (Phi) is 6.34. The zero-order valence-corrected chi connectivity index (χ0v) is 16.7. The highest BCUT2D eigenvalue weighted by Crippen LogP contribution is 2.27. The third kappa shape index (κ3) is 4.91. The summed E-state index contributed by atoms with van der Waals surface area (Å²) in [4.78, 5) is 25.1. The normalized spacial score (nSPS) is 11.6. The van der Waals surface area contributed by atoms with Gasteiger partial charge in [0.2, 0.25) is 0 Å². The number of rotatable bonds is 7. The average molecular weight is 415 g/mol. The first-order valence-corrected chi connectivity index (χ1v) is 9.81. The molecule has 144 valence electrons. The Balaban J connectivity index is 1.73. The number of carbonyl (C=O) groups excluding carboxylic acids is 2. The van der Waals surface area contributed by atoms with E-state index in [0.717, 1.165) is 16.0 Å². The molecular weight excluding hydrogens is 396 g/mol. The number of hydrogen-bond acceptors (Lipinski definition) is 4. The van der Waals surface area contributed by atoms with Gasteiger partial charge in [0.25, 0.3) is 11.8 Å². The molecule has 5 nitrogen and oxygen atoms in total. The van der Waals surface area contributed by atoms with Gasteiger partial charge in [-0.15, -0.1) is 11.3 Å². The van der Waals surface area contributed by atoms with Gasteiger partial charge in [-0.05, 0) is 42.1 Å². The maximum Gasteiger partial charge on any atom is 0.258 e. The first-order chi connectivity index (χ1) is 13.4. The van der Waals surface area contributed by atoms with Gasteiger partial charge in [0, 0.05) is 9.90 Å². The number of aryl methyl sites for hydroxylation is 1. The summed E-state index contributed by atoms with van der Waals surface area (Å²) in [6.45, 7) is 1.76. The van der Waals surface area contributed by atoms with Crippen LogP contribution in [0.1, 0.15) is 32.4 Å². The van der Waals surface area contributed by atoms with Crippen LogP contribution in [-0.4, -0.2) is 18.4 Å². The van der Waals surface area contributed by atoms with E-state index in [1.54, 1.807) is 17.4 Å². The Hall–Kier alpha value is -2.83. The van der Waals surface area contributed by atoms with Gasteiger partial charge in [0.15, 0.2) is 6.61 Å². The van der Waals surface area contributed by atoms with Crippen LogP contribution in [-0.2, 0) is 4.79 Å². The average Bonchev–Trinajstić information content (AvgIpc) is 3.20. The van der Waals surface area contributed by atoms with Crippen molar-refractivity contribution in [2.24, 2.45) is 5.73 Å². The molecular formula is C21H19ClN2O3S. The van der Waals surface area contributed by atoms with E-state index < -0.39 is 5.91 Å². The summed E-state index contributed by atoms with van der Waals surface area (Å²) < 4.78 is 5.52. The van der Waals surface area contributed by atoms with Crippen LogP contribution in [0, 0.1) is 6.92 Å². The van der Waals surface area contributed by atoms with Gasteiger partial charge in [-0.2, -0.15) is 0 Å². The van der Waals surface area contributed by atoms with Crippen LogP contribution in [0.15, 0.2) is 60.0 Å². The van der Waals surface area contributed by atoms with E-state index in [4.69, 9.17) is 22.1 Å². The van der Waals surface area contributed by atoms with Crippen LogP contribution in [0.25, 0.3) is 0 Å². The summed E-state index contributed by atoms with van der Waals surface area (Å²) in [6, 6.07) is 16.1. The topological polar surface area (TPSA) is 81.4 Å². The van der Waals surface area contributed by atoms with Gasteiger partial charge in [-0.3, -0.25) is 9.59 Å². The maximum atomic E-state index is 12.5. The minimum Gasteiger partial charge on any atom is -0.483 e. The standard InChI is InChI=1S/C21H19ClN2O3S/c1-13-4-6-14(7-5-13)20(18-3-2-10-28-18)24-19(25)12-27-17-9-8-15(22)11-16(17)21(23)26/h2-11,20H,12H2,1H3,(H2,23,26)(H,24,25)/t20-/m1/s1. The van der Waals surface area contributed by atoms with E-state index in [2.05, 4.69) is 5.32 Å². The Morgan fingerprint density at radius 2 is 1.93 bits per heavy atom. The molecule has 7 heteroatoms. The molecule has 3 rings (SSSR count). The Bertz CT molecular complexity index is 972. The number of nitrogens with one attached hydrogen (secondary N) is 1. The van der Waals surface area contributed by atoms with Crippen molar-refractivity contribution in [1.29, 1.82) is 0 Å². The molecule has 1 heterocycles. The smallest absolute Gasteiger partial charge is 0.258 e. The third-order valence-electron chi connectivity index (χ3n) is 4.11. The number of thiophene rings is 1. The number of ether oxygens (including phenoxy) is 1. The van der Waals surface area contributed by atoms with Crippen molar-refractivity contribution < 1.29 is 14.3 Å². The van der Waals surface area contributed by atoms with Gasteiger partial charge in [0.05, 0.1) is 11.6 Å². The number of nitrogens with two attached hydrogens (primary N) is 1. The summed E-state index contributed by atoms with van der Waals surface area (Å²) in [6.07, 6.45) is 0. The van der Waals surface area contributed by atoms with E-state index >= 15 is 0 Å². The molecule has 3 N–H and O–H groups in total. The molecule has 2 aromatic carbocycles. The number of primary amides is 1. The molecule has 0 spiro atoms. The van der Waals surface area contributed by atoms with Crippen molar-refractivity contribution in [2.75, 3.05) is 6.61 Å². The molecule has 0 aliphatic rings. The largest absolute Gasteiger partial charge is 0.483 e. The second-order valence-corrected chi connectivity index (χ2v) is 7.64. The van der Waals surface area contributed by atoms with E-state index in [1.807, 2.05) is 48.7 Å². The number of carbonyl (C=O) groups is 2. The van der Waals surface area contributed by atoms with Gasteiger partial charge in [0.1, 0.15) is 5.75 Å². The lowest BCUT2D eigenvalue weighted by Crippen LogP contribution is -2.33. The highest BCUT2D eigenvalue weighted by Gasteiger charge is 2.19. The first kappa shape index (κ1) is 19.9. The fourth-order valence-corrected chi connectivity index (χ4v) is 3.67. The monoisotopic (exact) mass is 414 g/mol. The Morgan fingerprint density at radius 1 is 1.18 bits per heavy atom. The molecule has 0 radical (unpaired) electrons. The van der Waals surface area contributed by atoms with Crippen LogP contribution >= 0.6 is 22.9 Å². The summed E-state index contributed by atoms with van der Waals surface area (Å²) in [5.41, 5.74) is 7.60. The van der Waals surface area contributed by atoms with Crippen molar-refractivity contribution in [3.63, 3.8) is 0 Å². The number of benzene rings is 2. The van der Waals surface area contributed by atoms with Crippen LogP contribution in [0.3, 0.4) is 0 Å². The molecule has 0 aliphatic heterocycles. The highest BCUT2D eigenvalue weighted by molar-refractivity contribution is 7.10. The lowest BCUT2D eigenvalue weighted by molar-refractivity contribution is -0.123. The predicted molar refractivity (Wildman–Crippen MR) is 111 cm³/mol. The Labute approximate surface area is 172 Å². The molecule has 2 amide bonds. The van der Waals surface area contributed by atoms with Crippen LogP contribution < -0.4 is 15.8 Å². The first-order valence-electron chi connectivity index (χ1n) is 8.55. The van der Waals surface area contributed by atoms with Crippen LogP contribution in [0.4, 0.5) is 0 Å². The molecule has 28 heavy (non-hydrogen) atoms. The van der Waals surface area contributed by atoms with E-state index in [1.165, 1.54) is 12.1 Å². The summed E-state index contributed by atoms with van der Waals surface area (Å²) in [7, 11) is 0. The van der Waals surface area contributed by atoms with Crippen LogP contribution in [0.5, 0.6) is 5.75 Å². The molecule has 0 saturated carbocycles. The summed E-state index contributed by atoms with van der Waals surface area (Å²) >= 11 is 7.45. The number of halogens is 1. The quantitative estimate of drug-likeness (QED) is 0.610. The fourth-order valence-electron chi connectivity index (χ4n) is 2.70. The van der Waals surface area contributed by atoms with Crippen molar-refractivity contribution in [3.05, 3.63) is 86.6 Å². The highest BCUT2D eigenvalue weighted by atomic mass is 35.5. The minimum atomic E-state index is -0.672. The van der Waals surface area contributed by atoms with Crippen molar-refractivity contribution in [1.82, 2.24) is 5.32 Å². The molecule has 1 aromatic heterocycles. The van der Waals surface area contributed by atoms with Crippen molar-refractivity contribution in [3.8, 4) is 5.75 Å².